The van der Waals surface area contributed by atoms with Crippen LogP contribution in [-0.4, -0.2) is 4.57 Å². The Hall–Kier alpha value is -8.14. The average Bonchev–Trinajstić information content (AvgIpc) is 3.87. The zero-order valence-electron chi connectivity index (χ0n) is 33.2. The lowest BCUT2D eigenvalue weighted by molar-refractivity contribution is 0.670. The fourth-order valence-corrected chi connectivity index (χ4v) is 9.28. The van der Waals surface area contributed by atoms with Crippen molar-refractivity contribution >= 4 is 71.6 Å². The molecule has 61 heavy (non-hydrogen) atoms. The van der Waals surface area contributed by atoms with E-state index in [4.69, 9.17) is 4.42 Å². The maximum atomic E-state index is 6.80. The number of fused-ring (bicyclic) bond motifs is 7. The Morgan fingerprint density at radius 2 is 0.869 bits per heavy atom. The van der Waals surface area contributed by atoms with Crippen molar-refractivity contribution in [2.75, 3.05) is 4.90 Å². The Labute approximate surface area is 353 Å². The summed E-state index contributed by atoms with van der Waals surface area (Å²) in [6.45, 7) is 0. The lowest BCUT2D eigenvalue weighted by Crippen LogP contribution is -2.11. The van der Waals surface area contributed by atoms with Crippen molar-refractivity contribution in [2.24, 2.45) is 0 Å². The SMILES string of the molecule is c1ccc(-c2cccc(-c3ccc(N(c4ccc(-n5c6ccccc6c6ccccc65)cc4)c4ccccc4-c4cccc5c4oc4cc6ccccc6cc45)cc3)c2)cc1. The van der Waals surface area contributed by atoms with Crippen molar-refractivity contribution in [3.8, 4) is 39.1 Å². The predicted octanol–water partition coefficient (Wildman–Crippen LogP) is 16.3. The quantitative estimate of drug-likeness (QED) is 0.161. The summed E-state index contributed by atoms with van der Waals surface area (Å²) < 4.78 is 9.18. The molecule has 3 heteroatoms. The van der Waals surface area contributed by atoms with E-state index in [1.165, 1.54) is 49.3 Å². The molecule has 0 atom stereocenters. The Balaban J connectivity index is 1.02. The molecule has 0 amide bonds. The molecule has 0 saturated heterocycles. The first kappa shape index (κ1) is 34.9. The van der Waals surface area contributed by atoms with Gasteiger partial charge in [0, 0.05) is 49.7 Å². The summed E-state index contributed by atoms with van der Waals surface area (Å²) in [7, 11) is 0. The highest BCUT2D eigenvalue weighted by Gasteiger charge is 2.21. The van der Waals surface area contributed by atoms with E-state index in [1.807, 2.05) is 0 Å². The molecule has 2 heterocycles. The van der Waals surface area contributed by atoms with E-state index in [0.717, 1.165) is 61.4 Å². The van der Waals surface area contributed by atoms with E-state index < -0.39 is 0 Å². The van der Waals surface area contributed by atoms with Crippen LogP contribution in [0.1, 0.15) is 0 Å². The molecule has 0 unspecified atom stereocenters. The highest BCUT2D eigenvalue weighted by Crippen LogP contribution is 2.45. The Morgan fingerprint density at radius 1 is 0.344 bits per heavy atom. The van der Waals surface area contributed by atoms with Crippen molar-refractivity contribution < 1.29 is 4.42 Å². The second-order valence-corrected chi connectivity index (χ2v) is 15.7. The minimum absolute atomic E-state index is 0.885. The maximum Gasteiger partial charge on any atom is 0.143 e. The van der Waals surface area contributed by atoms with Crippen molar-refractivity contribution in [2.45, 2.75) is 0 Å². The summed E-state index contributed by atoms with van der Waals surface area (Å²) in [6, 6.07) is 82.8. The van der Waals surface area contributed by atoms with Crippen LogP contribution in [0.25, 0.3) is 93.6 Å². The van der Waals surface area contributed by atoms with Crippen LogP contribution in [0.15, 0.2) is 235 Å². The van der Waals surface area contributed by atoms with Crippen LogP contribution in [0.2, 0.25) is 0 Å². The fraction of sp³-hybridized carbons (Fsp3) is 0. The molecule has 12 rings (SSSR count). The molecule has 0 spiro atoms. The Bertz CT molecular complexity index is 3520. The van der Waals surface area contributed by atoms with Crippen molar-refractivity contribution in [3.05, 3.63) is 231 Å². The molecule has 0 radical (unpaired) electrons. The summed E-state index contributed by atoms with van der Waals surface area (Å²) in [6.07, 6.45) is 0. The van der Waals surface area contributed by atoms with Gasteiger partial charge in [0.25, 0.3) is 0 Å². The predicted molar refractivity (Wildman–Crippen MR) is 257 cm³/mol. The number of hydrogen-bond donors (Lipinski definition) is 0. The third-order valence-electron chi connectivity index (χ3n) is 12.2. The summed E-state index contributed by atoms with van der Waals surface area (Å²) in [5.74, 6) is 0. The van der Waals surface area contributed by atoms with Gasteiger partial charge in [0.2, 0.25) is 0 Å². The van der Waals surface area contributed by atoms with E-state index in [2.05, 4.69) is 240 Å². The number of nitrogens with zero attached hydrogens (tertiary/aromatic N) is 2. The molecule has 10 aromatic carbocycles. The summed E-state index contributed by atoms with van der Waals surface area (Å²) in [4.78, 5) is 2.38. The van der Waals surface area contributed by atoms with E-state index >= 15 is 0 Å². The molecule has 0 aliphatic carbocycles. The van der Waals surface area contributed by atoms with Crippen molar-refractivity contribution in [3.63, 3.8) is 0 Å². The lowest BCUT2D eigenvalue weighted by atomic mass is 9.98. The van der Waals surface area contributed by atoms with Gasteiger partial charge in [0.1, 0.15) is 11.2 Å². The smallest absolute Gasteiger partial charge is 0.143 e. The van der Waals surface area contributed by atoms with Crippen LogP contribution < -0.4 is 4.90 Å². The highest BCUT2D eigenvalue weighted by molar-refractivity contribution is 6.14. The van der Waals surface area contributed by atoms with Gasteiger partial charge in [-0.2, -0.15) is 0 Å². The number of benzene rings is 10. The summed E-state index contributed by atoms with van der Waals surface area (Å²) in [5, 5.41) is 7.10. The van der Waals surface area contributed by atoms with Crippen LogP contribution in [0.4, 0.5) is 17.1 Å². The van der Waals surface area contributed by atoms with Crippen molar-refractivity contribution in [1.82, 2.24) is 4.57 Å². The van der Waals surface area contributed by atoms with Gasteiger partial charge in [-0.3, -0.25) is 0 Å². The molecule has 0 bridgehead atoms. The first-order chi connectivity index (χ1) is 30.2. The zero-order valence-corrected chi connectivity index (χ0v) is 33.2. The number of hydrogen-bond acceptors (Lipinski definition) is 2. The van der Waals surface area contributed by atoms with E-state index in [-0.39, 0.29) is 0 Å². The second-order valence-electron chi connectivity index (χ2n) is 15.7. The minimum Gasteiger partial charge on any atom is -0.455 e. The molecule has 0 fully saturated rings. The largest absolute Gasteiger partial charge is 0.455 e. The second kappa shape index (κ2) is 14.3. The number of aromatic nitrogens is 1. The van der Waals surface area contributed by atoms with E-state index in [0.29, 0.717) is 0 Å². The van der Waals surface area contributed by atoms with Crippen LogP contribution in [0.3, 0.4) is 0 Å². The fourth-order valence-electron chi connectivity index (χ4n) is 9.28. The number of anilines is 3. The molecule has 0 saturated carbocycles. The average molecular weight is 779 g/mol. The van der Waals surface area contributed by atoms with Gasteiger partial charge in [-0.1, -0.05) is 158 Å². The van der Waals surface area contributed by atoms with Crippen LogP contribution in [-0.2, 0) is 0 Å². The molecular weight excluding hydrogens is 741 g/mol. The first-order valence-corrected chi connectivity index (χ1v) is 20.8. The van der Waals surface area contributed by atoms with Crippen LogP contribution in [0.5, 0.6) is 0 Å². The molecule has 0 N–H and O–H groups in total. The third kappa shape index (κ3) is 5.90. The molecular formula is C58H38N2O. The van der Waals surface area contributed by atoms with E-state index in [9.17, 15) is 0 Å². The third-order valence-corrected chi connectivity index (χ3v) is 12.2. The Morgan fingerprint density at radius 3 is 1.59 bits per heavy atom. The number of rotatable bonds is 7. The topological polar surface area (TPSA) is 21.3 Å². The Kier molecular flexibility index (Phi) is 8.17. The minimum atomic E-state index is 0.885. The van der Waals surface area contributed by atoms with Gasteiger partial charge in [-0.15, -0.1) is 0 Å². The standard InChI is InChI=1S/C58H38N2O/c1-2-14-39(15-3-1)41-18-12-19-42(36-41)40-28-30-45(31-29-40)59(46-32-34-47(35-33-46)60-55-26-10-6-20-48(55)49-21-7-11-27-56(49)60)54-25-9-8-22-50(54)51-23-13-24-52-53-37-43-16-4-5-17-44(43)38-57(53)61-58(51)52/h1-38H. The van der Waals surface area contributed by atoms with Crippen LogP contribution in [0, 0.1) is 0 Å². The highest BCUT2D eigenvalue weighted by atomic mass is 16.3. The van der Waals surface area contributed by atoms with Gasteiger partial charge in [-0.25, -0.2) is 0 Å². The summed E-state index contributed by atoms with van der Waals surface area (Å²) >= 11 is 0. The molecule has 2 aromatic heterocycles. The number of para-hydroxylation sites is 4. The van der Waals surface area contributed by atoms with Gasteiger partial charge in [0.05, 0.1) is 16.7 Å². The summed E-state index contributed by atoms with van der Waals surface area (Å²) in [5.41, 5.74) is 15.3. The normalized spacial score (nSPS) is 11.6. The van der Waals surface area contributed by atoms with Gasteiger partial charge < -0.3 is 13.9 Å². The maximum absolute atomic E-state index is 6.80. The molecule has 0 aliphatic heterocycles. The van der Waals surface area contributed by atoms with Gasteiger partial charge >= 0.3 is 0 Å². The monoisotopic (exact) mass is 778 g/mol. The lowest BCUT2D eigenvalue weighted by Gasteiger charge is -2.28. The molecule has 12 aromatic rings. The first-order valence-electron chi connectivity index (χ1n) is 20.8. The zero-order chi connectivity index (χ0) is 40.3. The molecule has 286 valence electrons. The van der Waals surface area contributed by atoms with E-state index in [1.54, 1.807) is 0 Å². The molecule has 0 aliphatic rings. The van der Waals surface area contributed by atoms with Gasteiger partial charge in [-0.05, 0) is 106 Å². The van der Waals surface area contributed by atoms with Gasteiger partial charge in [0.15, 0.2) is 0 Å². The van der Waals surface area contributed by atoms with Crippen molar-refractivity contribution in [1.29, 1.82) is 0 Å². The molecule has 3 nitrogen and oxygen atoms in total. The number of furan rings is 1. The van der Waals surface area contributed by atoms with Crippen LogP contribution >= 0.6 is 0 Å².